The van der Waals surface area contributed by atoms with Crippen LogP contribution in [0.15, 0.2) is 59.4 Å². The standard InChI is InChI=1S/C24H27N5O3/c1-27(22(30)15-21-19-9-5-6-10-20(19)24(32)26-25-21)17-23(31)29-13-11-28(12-14-29)16-18-7-3-2-4-8-18/h2-10H,11-17H2,1H3,(H,26,32). The average Bonchev–Trinajstić information content (AvgIpc) is 2.82. The zero-order chi connectivity index (χ0) is 22.5. The van der Waals surface area contributed by atoms with Crippen LogP contribution in [0, 0.1) is 0 Å². The second-order valence-electron chi connectivity index (χ2n) is 8.11. The first kappa shape index (κ1) is 21.7. The Morgan fingerprint density at radius 1 is 0.969 bits per heavy atom. The number of carbonyl (C=O) groups excluding carboxylic acids is 2. The van der Waals surface area contributed by atoms with Crippen molar-refractivity contribution in [3.63, 3.8) is 0 Å². The molecular weight excluding hydrogens is 406 g/mol. The Hall–Kier alpha value is -3.52. The molecule has 2 amide bonds. The molecule has 8 heteroatoms. The van der Waals surface area contributed by atoms with E-state index in [1.165, 1.54) is 10.5 Å². The summed E-state index contributed by atoms with van der Waals surface area (Å²) in [4.78, 5) is 43.0. The fraction of sp³-hybridized carbons (Fsp3) is 0.333. The van der Waals surface area contributed by atoms with E-state index in [1.807, 2.05) is 29.2 Å². The van der Waals surface area contributed by atoms with Gasteiger partial charge in [0.05, 0.1) is 24.0 Å². The number of hydrogen-bond donors (Lipinski definition) is 1. The number of H-pyrrole nitrogens is 1. The molecule has 166 valence electrons. The monoisotopic (exact) mass is 433 g/mol. The molecule has 2 aromatic carbocycles. The fourth-order valence-electron chi connectivity index (χ4n) is 3.97. The average molecular weight is 434 g/mol. The van der Waals surface area contributed by atoms with Gasteiger partial charge in [0.25, 0.3) is 5.56 Å². The summed E-state index contributed by atoms with van der Waals surface area (Å²) in [5.41, 5.74) is 1.48. The van der Waals surface area contributed by atoms with E-state index in [1.54, 1.807) is 25.2 Å². The van der Waals surface area contributed by atoms with E-state index < -0.39 is 0 Å². The van der Waals surface area contributed by atoms with Gasteiger partial charge >= 0.3 is 0 Å². The van der Waals surface area contributed by atoms with Gasteiger partial charge in [-0.3, -0.25) is 19.3 Å². The van der Waals surface area contributed by atoms with Crippen LogP contribution in [-0.2, 0) is 22.6 Å². The van der Waals surface area contributed by atoms with Crippen molar-refractivity contribution in [1.29, 1.82) is 0 Å². The summed E-state index contributed by atoms with van der Waals surface area (Å²) in [6.45, 7) is 3.83. The molecule has 1 fully saturated rings. The molecule has 0 radical (unpaired) electrons. The van der Waals surface area contributed by atoms with Crippen LogP contribution in [0.25, 0.3) is 10.8 Å². The number of amides is 2. The Morgan fingerprint density at radius 2 is 1.62 bits per heavy atom. The third-order valence-electron chi connectivity index (χ3n) is 5.87. The maximum Gasteiger partial charge on any atom is 0.272 e. The number of carbonyl (C=O) groups is 2. The lowest BCUT2D eigenvalue weighted by molar-refractivity contribution is -0.140. The molecule has 2 heterocycles. The Balaban J connectivity index is 1.30. The second kappa shape index (κ2) is 9.74. The number of nitrogens with one attached hydrogen (secondary N) is 1. The quantitative estimate of drug-likeness (QED) is 0.632. The minimum atomic E-state index is -0.285. The highest BCUT2D eigenvalue weighted by atomic mass is 16.2. The highest BCUT2D eigenvalue weighted by Crippen LogP contribution is 2.14. The van der Waals surface area contributed by atoms with Crippen LogP contribution in [0.5, 0.6) is 0 Å². The molecule has 3 aromatic rings. The van der Waals surface area contributed by atoms with Crippen molar-refractivity contribution >= 4 is 22.6 Å². The first-order valence-electron chi connectivity index (χ1n) is 10.8. The molecule has 0 spiro atoms. The van der Waals surface area contributed by atoms with Crippen LogP contribution in [0.2, 0.25) is 0 Å². The maximum atomic E-state index is 12.7. The van der Waals surface area contributed by atoms with E-state index in [2.05, 4.69) is 27.2 Å². The van der Waals surface area contributed by atoms with Crippen LogP contribution in [0.3, 0.4) is 0 Å². The van der Waals surface area contributed by atoms with Gasteiger partial charge in [-0.25, -0.2) is 5.10 Å². The van der Waals surface area contributed by atoms with Crippen molar-refractivity contribution in [3.8, 4) is 0 Å². The molecule has 4 rings (SSSR count). The summed E-state index contributed by atoms with van der Waals surface area (Å²) in [6.07, 6.45) is 0.0198. The van der Waals surface area contributed by atoms with E-state index in [0.29, 0.717) is 29.6 Å². The van der Waals surface area contributed by atoms with E-state index in [0.717, 1.165) is 19.6 Å². The van der Waals surface area contributed by atoms with Gasteiger partial charge < -0.3 is 9.80 Å². The number of rotatable bonds is 6. The number of aromatic amines is 1. The zero-order valence-corrected chi connectivity index (χ0v) is 18.2. The summed E-state index contributed by atoms with van der Waals surface area (Å²) in [5, 5.41) is 7.65. The number of fused-ring (bicyclic) bond motifs is 1. The molecule has 1 aliphatic heterocycles. The van der Waals surface area contributed by atoms with Crippen molar-refractivity contribution in [2.24, 2.45) is 0 Å². The van der Waals surface area contributed by atoms with Gasteiger partial charge in [0.2, 0.25) is 11.8 Å². The molecule has 8 nitrogen and oxygen atoms in total. The molecule has 1 N–H and O–H groups in total. The molecule has 0 unspecified atom stereocenters. The van der Waals surface area contributed by atoms with Crippen molar-refractivity contribution in [2.75, 3.05) is 39.8 Å². The minimum absolute atomic E-state index is 0.0198. The lowest BCUT2D eigenvalue weighted by Crippen LogP contribution is -2.51. The molecule has 0 bridgehead atoms. The minimum Gasteiger partial charge on any atom is -0.339 e. The summed E-state index contributed by atoms with van der Waals surface area (Å²) in [5.74, 6) is -0.273. The lowest BCUT2D eigenvalue weighted by Gasteiger charge is -2.35. The zero-order valence-electron chi connectivity index (χ0n) is 18.2. The lowest BCUT2D eigenvalue weighted by atomic mass is 10.1. The molecule has 0 atom stereocenters. The highest BCUT2D eigenvalue weighted by molar-refractivity contribution is 5.90. The van der Waals surface area contributed by atoms with Crippen LogP contribution in [-0.4, -0.2) is 76.5 Å². The van der Waals surface area contributed by atoms with Crippen LogP contribution in [0.1, 0.15) is 11.3 Å². The second-order valence-corrected chi connectivity index (χ2v) is 8.11. The van der Waals surface area contributed by atoms with E-state index in [4.69, 9.17) is 0 Å². The summed E-state index contributed by atoms with van der Waals surface area (Å²) in [7, 11) is 1.62. The van der Waals surface area contributed by atoms with Gasteiger partial charge in [0.1, 0.15) is 0 Å². The maximum absolute atomic E-state index is 12.7. The normalized spacial score (nSPS) is 14.5. The molecular formula is C24H27N5O3. The van der Waals surface area contributed by atoms with Crippen molar-refractivity contribution < 1.29 is 9.59 Å². The number of hydrogen-bond acceptors (Lipinski definition) is 5. The number of nitrogens with zero attached hydrogens (tertiary/aromatic N) is 4. The number of likely N-dealkylation sites (N-methyl/N-ethyl adjacent to an activating group) is 1. The Labute approximate surface area is 186 Å². The van der Waals surface area contributed by atoms with Crippen LogP contribution in [0.4, 0.5) is 0 Å². The van der Waals surface area contributed by atoms with E-state index in [-0.39, 0.29) is 30.3 Å². The Morgan fingerprint density at radius 3 is 2.34 bits per heavy atom. The number of benzene rings is 2. The molecule has 1 saturated heterocycles. The number of piperazine rings is 1. The molecule has 1 aromatic heterocycles. The first-order chi connectivity index (χ1) is 15.5. The van der Waals surface area contributed by atoms with Crippen molar-refractivity contribution in [3.05, 3.63) is 76.2 Å². The Kier molecular flexibility index (Phi) is 6.61. The predicted octanol–water partition coefficient (Wildman–Crippen LogP) is 1.27. The van der Waals surface area contributed by atoms with Gasteiger partial charge in [0, 0.05) is 45.2 Å². The third kappa shape index (κ3) is 5.03. The largest absolute Gasteiger partial charge is 0.339 e. The van der Waals surface area contributed by atoms with E-state index >= 15 is 0 Å². The van der Waals surface area contributed by atoms with Crippen LogP contribution < -0.4 is 5.56 Å². The molecule has 0 saturated carbocycles. The van der Waals surface area contributed by atoms with Gasteiger partial charge in [-0.15, -0.1) is 0 Å². The summed E-state index contributed by atoms with van der Waals surface area (Å²) in [6, 6.07) is 17.4. The topological polar surface area (TPSA) is 89.6 Å². The third-order valence-corrected chi connectivity index (χ3v) is 5.87. The molecule has 1 aliphatic rings. The highest BCUT2D eigenvalue weighted by Gasteiger charge is 2.24. The summed E-state index contributed by atoms with van der Waals surface area (Å²) >= 11 is 0. The Bertz CT molecular complexity index is 1150. The molecule has 0 aliphatic carbocycles. The van der Waals surface area contributed by atoms with Crippen molar-refractivity contribution in [1.82, 2.24) is 24.9 Å². The number of aromatic nitrogens is 2. The fourth-order valence-corrected chi connectivity index (χ4v) is 3.97. The smallest absolute Gasteiger partial charge is 0.272 e. The first-order valence-corrected chi connectivity index (χ1v) is 10.8. The van der Waals surface area contributed by atoms with Crippen LogP contribution >= 0.6 is 0 Å². The SMILES string of the molecule is CN(CC(=O)N1CCN(Cc2ccccc2)CC1)C(=O)Cc1n[nH]c(=O)c2ccccc12. The van der Waals surface area contributed by atoms with Gasteiger partial charge in [-0.2, -0.15) is 5.10 Å². The van der Waals surface area contributed by atoms with Gasteiger partial charge in [0.15, 0.2) is 0 Å². The summed E-state index contributed by atoms with van der Waals surface area (Å²) < 4.78 is 0. The van der Waals surface area contributed by atoms with Gasteiger partial charge in [-0.1, -0.05) is 48.5 Å². The van der Waals surface area contributed by atoms with E-state index in [9.17, 15) is 14.4 Å². The molecule has 32 heavy (non-hydrogen) atoms. The van der Waals surface area contributed by atoms with Crippen molar-refractivity contribution in [2.45, 2.75) is 13.0 Å². The predicted molar refractivity (Wildman–Crippen MR) is 122 cm³/mol. The van der Waals surface area contributed by atoms with Gasteiger partial charge in [-0.05, 0) is 11.6 Å².